The first-order valence-electron chi connectivity index (χ1n) is 9.65. The Kier molecular flexibility index (Phi) is 7.94. The van der Waals surface area contributed by atoms with Gasteiger partial charge in [-0.05, 0) is 51.8 Å². The van der Waals surface area contributed by atoms with Crippen LogP contribution in [0.15, 0.2) is 18.2 Å². The zero-order valence-corrected chi connectivity index (χ0v) is 17.6. The summed E-state index contributed by atoms with van der Waals surface area (Å²) in [6, 6.07) is 5.56. The fourth-order valence-electron chi connectivity index (χ4n) is 3.17. The minimum Gasteiger partial charge on any atom is -0.755 e. The van der Waals surface area contributed by atoms with Crippen LogP contribution in [-0.4, -0.2) is 39.6 Å². The van der Waals surface area contributed by atoms with E-state index in [1.807, 2.05) is 0 Å². The first-order valence-corrected chi connectivity index (χ1v) is 10.7. The molecule has 1 fully saturated rings. The number of nitrogen functional groups attached to an aromatic ring is 1. The molecule has 1 aliphatic carbocycles. The fourth-order valence-corrected chi connectivity index (χ4v) is 3.69. The standard InChI is InChI=1S/C19H32N4O4S/c1-19(2,3)27-18(24)21-11-12-23(28(25)26)15-9-10-17(16(20)13-15)22-14-7-5-4-6-8-14/h9-10,13-14,22H,4-8,11-12,20H2,1-3H3,(H,21,24)(H,25,26)/p-1. The van der Waals surface area contributed by atoms with Crippen molar-refractivity contribution in [2.75, 3.05) is 28.4 Å². The molecule has 1 aliphatic rings. The summed E-state index contributed by atoms with van der Waals surface area (Å²) in [5.41, 5.74) is 7.30. The number of hydrogen-bond acceptors (Lipinski definition) is 6. The molecule has 8 nitrogen and oxygen atoms in total. The quantitative estimate of drug-likeness (QED) is 0.468. The monoisotopic (exact) mass is 411 g/mol. The average Bonchev–Trinajstić information content (AvgIpc) is 2.60. The van der Waals surface area contributed by atoms with Gasteiger partial charge in [-0.2, -0.15) is 0 Å². The first kappa shape index (κ1) is 22.3. The maximum Gasteiger partial charge on any atom is 0.407 e. The van der Waals surface area contributed by atoms with Gasteiger partial charge in [0.1, 0.15) is 5.60 Å². The zero-order valence-electron chi connectivity index (χ0n) is 16.8. The maximum absolute atomic E-state index is 11.7. The Balaban J connectivity index is 1.96. The molecule has 9 heteroatoms. The Morgan fingerprint density at radius 2 is 2.00 bits per heavy atom. The third-order valence-electron chi connectivity index (χ3n) is 4.45. The van der Waals surface area contributed by atoms with Crippen molar-refractivity contribution in [3.8, 4) is 0 Å². The van der Waals surface area contributed by atoms with Gasteiger partial charge in [0.05, 0.1) is 17.1 Å². The van der Waals surface area contributed by atoms with Crippen LogP contribution in [0.25, 0.3) is 0 Å². The van der Waals surface area contributed by atoms with Crippen LogP contribution in [0.2, 0.25) is 0 Å². The van der Waals surface area contributed by atoms with Crippen LogP contribution >= 0.6 is 0 Å². The second kappa shape index (κ2) is 9.97. The number of nitrogens with two attached hydrogens (primary N) is 1. The molecular formula is C19H31N4O4S-. The van der Waals surface area contributed by atoms with Crippen molar-refractivity contribution in [2.45, 2.75) is 64.5 Å². The predicted octanol–water partition coefficient (Wildman–Crippen LogP) is 3.14. The van der Waals surface area contributed by atoms with Crippen LogP contribution in [0, 0.1) is 0 Å². The summed E-state index contributed by atoms with van der Waals surface area (Å²) in [6.07, 6.45) is 5.35. The largest absolute Gasteiger partial charge is 0.755 e. The molecule has 0 aliphatic heterocycles. The maximum atomic E-state index is 11.7. The molecule has 4 N–H and O–H groups in total. The summed E-state index contributed by atoms with van der Waals surface area (Å²) >= 11 is -2.49. The van der Waals surface area contributed by atoms with Crippen LogP contribution < -0.4 is 20.7 Å². The molecule has 1 atom stereocenters. The van der Waals surface area contributed by atoms with E-state index in [1.54, 1.807) is 39.0 Å². The first-order chi connectivity index (χ1) is 13.2. The van der Waals surface area contributed by atoms with E-state index in [0.717, 1.165) is 22.8 Å². The summed E-state index contributed by atoms with van der Waals surface area (Å²) in [6.45, 7) is 5.47. The highest BCUT2D eigenvalue weighted by atomic mass is 32.2. The van der Waals surface area contributed by atoms with E-state index >= 15 is 0 Å². The molecule has 1 saturated carbocycles. The third kappa shape index (κ3) is 7.20. The molecule has 1 aromatic rings. The summed E-state index contributed by atoms with van der Waals surface area (Å²) in [5.74, 6) is 0. The molecule has 158 valence electrons. The normalized spacial score (nSPS) is 16.3. The molecule has 0 radical (unpaired) electrons. The Labute approximate surface area is 169 Å². The van der Waals surface area contributed by atoms with E-state index in [-0.39, 0.29) is 13.1 Å². The zero-order chi connectivity index (χ0) is 20.7. The van der Waals surface area contributed by atoms with Crippen molar-refractivity contribution in [2.24, 2.45) is 0 Å². The van der Waals surface area contributed by atoms with E-state index in [4.69, 9.17) is 10.5 Å². The minimum absolute atomic E-state index is 0.0736. The highest BCUT2D eigenvalue weighted by molar-refractivity contribution is 7.80. The van der Waals surface area contributed by atoms with E-state index in [9.17, 15) is 13.6 Å². The number of hydrogen-bond donors (Lipinski definition) is 3. The highest BCUT2D eigenvalue weighted by Crippen LogP contribution is 2.29. The SMILES string of the molecule is CC(C)(C)OC(=O)NCCN(c1ccc(NC2CCCCC2)c(N)c1)S(=O)[O-]. The number of anilines is 3. The predicted molar refractivity (Wildman–Crippen MR) is 112 cm³/mol. The molecule has 0 aromatic heterocycles. The smallest absolute Gasteiger partial charge is 0.407 e. The van der Waals surface area contributed by atoms with Crippen molar-refractivity contribution in [3.05, 3.63) is 18.2 Å². The molecule has 1 amide bonds. The average molecular weight is 412 g/mol. The molecule has 0 spiro atoms. The number of rotatable bonds is 7. The van der Waals surface area contributed by atoms with Gasteiger partial charge in [0.2, 0.25) is 0 Å². The van der Waals surface area contributed by atoms with Gasteiger partial charge in [-0.1, -0.05) is 19.3 Å². The fraction of sp³-hybridized carbons (Fsp3) is 0.632. The molecule has 1 aromatic carbocycles. The van der Waals surface area contributed by atoms with Gasteiger partial charge in [0.25, 0.3) is 0 Å². The Morgan fingerprint density at radius 1 is 1.32 bits per heavy atom. The second-order valence-electron chi connectivity index (χ2n) is 8.00. The van der Waals surface area contributed by atoms with E-state index in [0.29, 0.717) is 17.4 Å². The lowest BCUT2D eigenvalue weighted by molar-refractivity contribution is 0.0529. The van der Waals surface area contributed by atoms with Crippen LogP contribution in [0.3, 0.4) is 0 Å². The van der Waals surface area contributed by atoms with Gasteiger partial charge in [0, 0.05) is 30.4 Å². The Bertz CT molecular complexity index is 687. The van der Waals surface area contributed by atoms with Gasteiger partial charge < -0.3 is 30.0 Å². The van der Waals surface area contributed by atoms with Gasteiger partial charge >= 0.3 is 6.09 Å². The van der Waals surface area contributed by atoms with E-state index < -0.39 is 23.0 Å². The van der Waals surface area contributed by atoms with Crippen LogP contribution in [0.1, 0.15) is 52.9 Å². The van der Waals surface area contributed by atoms with Crippen molar-refractivity contribution < 1.29 is 18.3 Å². The highest BCUT2D eigenvalue weighted by Gasteiger charge is 2.17. The Morgan fingerprint density at radius 3 is 2.57 bits per heavy atom. The topological polar surface area (TPSA) is 120 Å². The molecule has 28 heavy (non-hydrogen) atoms. The molecule has 0 saturated heterocycles. The van der Waals surface area contributed by atoms with E-state index in [1.165, 1.54) is 19.3 Å². The summed E-state index contributed by atoms with van der Waals surface area (Å²) in [5, 5.41) is 6.01. The molecule has 0 heterocycles. The van der Waals surface area contributed by atoms with Gasteiger partial charge in [-0.3, -0.25) is 4.21 Å². The number of ether oxygens (including phenoxy) is 1. The number of benzene rings is 1. The van der Waals surface area contributed by atoms with Crippen molar-refractivity contribution >= 4 is 34.4 Å². The van der Waals surface area contributed by atoms with Gasteiger partial charge in [-0.25, -0.2) is 4.79 Å². The number of amides is 1. The van der Waals surface area contributed by atoms with Gasteiger partial charge in [0.15, 0.2) is 0 Å². The van der Waals surface area contributed by atoms with Crippen LogP contribution in [0.5, 0.6) is 0 Å². The molecular weight excluding hydrogens is 380 g/mol. The number of nitrogens with zero attached hydrogens (tertiary/aromatic N) is 1. The molecule has 0 bridgehead atoms. The summed E-state index contributed by atoms with van der Waals surface area (Å²) in [4.78, 5) is 11.7. The van der Waals surface area contributed by atoms with Crippen LogP contribution in [-0.2, 0) is 16.0 Å². The molecule has 2 rings (SSSR count). The lowest BCUT2D eigenvalue weighted by Gasteiger charge is -2.28. The number of carbonyl (C=O) groups excluding carboxylic acids is 1. The minimum atomic E-state index is -2.49. The Hall–Kier alpha value is -2.00. The molecule has 1 unspecified atom stereocenters. The number of alkyl carbamates (subject to hydrolysis) is 1. The number of nitrogens with one attached hydrogen (secondary N) is 2. The third-order valence-corrected chi connectivity index (χ3v) is 5.20. The summed E-state index contributed by atoms with van der Waals surface area (Å²) < 4.78 is 29.6. The lowest BCUT2D eigenvalue weighted by Crippen LogP contribution is -2.38. The summed E-state index contributed by atoms with van der Waals surface area (Å²) in [7, 11) is 0. The lowest BCUT2D eigenvalue weighted by atomic mass is 9.95. The van der Waals surface area contributed by atoms with E-state index in [2.05, 4.69) is 10.6 Å². The second-order valence-corrected chi connectivity index (χ2v) is 8.87. The van der Waals surface area contributed by atoms with Crippen molar-refractivity contribution in [3.63, 3.8) is 0 Å². The van der Waals surface area contributed by atoms with Crippen molar-refractivity contribution in [1.82, 2.24) is 5.32 Å². The van der Waals surface area contributed by atoms with Crippen LogP contribution in [0.4, 0.5) is 21.9 Å². The number of carbonyl (C=O) groups is 1. The van der Waals surface area contributed by atoms with Gasteiger partial charge in [-0.15, -0.1) is 0 Å². The van der Waals surface area contributed by atoms with Crippen molar-refractivity contribution in [1.29, 1.82) is 0 Å².